The predicted molar refractivity (Wildman–Crippen MR) is 102 cm³/mol. The Morgan fingerprint density at radius 1 is 1.23 bits per heavy atom. The number of nitrogens with zero attached hydrogens (tertiary/aromatic N) is 4. The molecule has 3 heterocycles. The summed E-state index contributed by atoms with van der Waals surface area (Å²) in [5, 5.41) is 3.90. The monoisotopic (exact) mass is 436 g/mol. The number of ether oxygens (including phenoxy) is 1. The summed E-state index contributed by atoms with van der Waals surface area (Å²) in [6.07, 6.45) is -1.94. The maximum Gasteiger partial charge on any atom is 0.417 e. The fourth-order valence-corrected chi connectivity index (χ4v) is 3.49. The van der Waals surface area contributed by atoms with Crippen LogP contribution in [0.3, 0.4) is 0 Å². The molecule has 0 unspecified atom stereocenters. The Hall–Kier alpha value is -3.40. The number of fused-ring (bicyclic) bond motifs is 3. The second-order valence-corrected chi connectivity index (χ2v) is 6.80. The minimum Gasteiger partial charge on any atom is -0.465 e. The lowest BCUT2D eigenvalue weighted by atomic mass is 10.2. The van der Waals surface area contributed by atoms with Crippen LogP contribution in [0.15, 0.2) is 41.5 Å². The topological polar surface area (TPSA) is 78.5 Å². The van der Waals surface area contributed by atoms with E-state index in [0.29, 0.717) is 11.2 Å². The molecule has 0 aliphatic rings. The molecule has 11 heteroatoms. The summed E-state index contributed by atoms with van der Waals surface area (Å²) in [7, 11) is 1.24. The average molecular weight is 437 g/mol. The molecule has 3 aromatic heterocycles. The Balaban J connectivity index is 1.92. The number of pyridine rings is 1. The largest absolute Gasteiger partial charge is 0.465 e. The van der Waals surface area contributed by atoms with Crippen LogP contribution >= 0.6 is 11.6 Å². The number of halogens is 4. The number of hydrogen-bond donors (Lipinski definition) is 0. The van der Waals surface area contributed by atoms with E-state index in [1.807, 2.05) is 0 Å². The lowest BCUT2D eigenvalue weighted by Crippen LogP contribution is -2.19. The van der Waals surface area contributed by atoms with Gasteiger partial charge in [0.2, 0.25) is 0 Å². The summed E-state index contributed by atoms with van der Waals surface area (Å²) in [5.74, 6) is -0.609. The van der Waals surface area contributed by atoms with E-state index in [-0.39, 0.29) is 22.3 Å². The molecule has 0 amide bonds. The Labute approximate surface area is 171 Å². The van der Waals surface area contributed by atoms with Gasteiger partial charge in [0.15, 0.2) is 5.65 Å². The molecule has 30 heavy (non-hydrogen) atoms. The van der Waals surface area contributed by atoms with Gasteiger partial charge in [-0.05, 0) is 31.2 Å². The van der Waals surface area contributed by atoms with Crippen molar-refractivity contribution in [3.63, 3.8) is 0 Å². The third-order valence-corrected chi connectivity index (χ3v) is 4.93. The van der Waals surface area contributed by atoms with Crippen LogP contribution < -0.4 is 5.56 Å². The molecule has 7 nitrogen and oxygen atoms in total. The SMILES string of the molecule is COC(=O)c1c(C)nn2c1ncc1c(=O)n(-c3ccc(C(F)(F)F)c(Cl)c3)ccc12. The van der Waals surface area contributed by atoms with Crippen molar-refractivity contribution in [3.8, 4) is 5.69 Å². The summed E-state index contributed by atoms with van der Waals surface area (Å²) >= 11 is 5.77. The summed E-state index contributed by atoms with van der Waals surface area (Å²) in [6.45, 7) is 1.61. The van der Waals surface area contributed by atoms with E-state index in [1.165, 1.54) is 24.0 Å². The van der Waals surface area contributed by atoms with Gasteiger partial charge in [0.25, 0.3) is 5.56 Å². The number of alkyl halides is 3. The normalized spacial score (nSPS) is 11.9. The number of carbonyl (C=O) groups excluding carboxylic acids is 1. The van der Waals surface area contributed by atoms with Crippen LogP contribution in [0.2, 0.25) is 5.02 Å². The molecule has 4 rings (SSSR count). The quantitative estimate of drug-likeness (QED) is 0.447. The fourth-order valence-electron chi connectivity index (χ4n) is 3.20. The van der Waals surface area contributed by atoms with E-state index in [9.17, 15) is 22.8 Å². The van der Waals surface area contributed by atoms with Crippen LogP contribution in [0, 0.1) is 6.92 Å². The van der Waals surface area contributed by atoms with Gasteiger partial charge in [0.05, 0.1) is 40.0 Å². The van der Waals surface area contributed by atoms with Crippen molar-refractivity contribution < 1.29 is 22.7 Å². The number of methoxy groups -OCH3 is 1. The minimum absolute atomic E-state index is 0.153. The van der Waals surface area contributed by atoms with Crippen molar-refractivity contribution in [2.45, 2.75) is 13.1 Å². The highest BCUT2D eigenvalue weighted by Gasteiger charge is 2.33. The molecule has 0 aliphatic carbocycles. The number of rotatable bonds is 2. The lowest BCUT2D eigenvalue weighted by Gasteiger charge is -2.12. The van der Waals surface area contributed by atoms with Crippen LogP contribution in [-0.4, -0.2) is 32.2 Å². The van der Waals surface area contributed by atoms with Crippen LogP contribution in [0.5, 0.6) is 0 Å². The van der Waals surface area contributed by atoms with E-state index in [1.54, 1.807) is 13.0 Å². The molecule has 0 radical (unpaired) electrons. The fraction of sp³-hybridized carbons (Fsp3) is 0.158. The van der Waals surface area contributed by atoms with Gasteiger partial charge >= 0.3 is 12.1 Å². The summed E-state index contributed by atoms with van der Waals surface area (Å²) in [4.78, 5) is 29.2. The molecule has 154 valence electrons. The van der Waals surface area contributed by atoms with Crippen molar-refractivity contribution in [2.75, 3.05) is 7.11 Å². The molecular weight excluding hydrogens is 425 g/mol. The van der Waals surface area contributed by atoms with E-state index in [0.717, 1.165) is 22.8 Å². The number of hydrogen-bond acceptors (Lipinski definition) is 5. The smallest absolute Gasteiger partial charge is 0.417 e. The molecule has 4 aromatic rings. The minimum atomic E-state index is -4.60. The van der Waals surface area contributed by atoms with E-state index < -0.39 is 28.3 Å². The molecule has 0 fully saturated rings. The van der Waals surface area contributed by atoms with Gasteiger partial charge in [-0.15, -0.1) is 0 Å². The molecule has 0 spiro atoms. The Morgan fingerprint density at radius 2 is 1.97 bits per heavy atom. The van der Waals surface area contributed by atoms with E-state index in [4.69, 9.17) is 16.3 Å². The number of benzene rings is 1. The molecule has 0 atom stereocenters. The van der Waals surface area contributed by atoms with Crippen LogP contribution in [0.4, 0.5) is 13.2 Å². The maximum absolute atomic E-state index is 13.0. The zero-order valence-electron chi connectivity index (χ0n) is 15.5. The van der Waals surface area contributed by atoms with Crippen molar-refractivity contribution >= 4 is 34.1 Å². The van der Waals surface area contributed by atoms with Crippen molar-refractivity contribution in [1.29, 1.82) is 0 Å². The van der Waals surface area contributed by atoms with E-state index in [2.05, 4.69) is 10.1 Å². The van der Waals surface area contributed by atoms with Crippen LogP contribution in [0.25, 0.3) is 22.2 Å². The molecule has 0 saturated heterocycles. The van der Waals surface area contributed by atoms with Gasteiger partial charge in [-0.1, -0.05) is 11.6 Å². The maximum atomic E-state index is 13.0. The molecule has 0 saturated carbocycles. The summed E-state index contributed by atoms with van der Waals surface area (Å²) in [6, 6.07) is 4.58. The van der Waals surface area contributed by atoms with Crippen molar-refractivity contribution in [3.05, 3.63) is 68.9 Å². The Bertz CT molecular complexity index is 1390. The Kier molecular flexibility index (Phi) is 4.53. The summed E-state index contributed by atoms with van der Waals surface area (Å²) < 4.78 is 46.0. The number of esters is 1. The molecular formula is C19H12ClF3N4O3. The van der Waals surface area contributed by atoms with Gasteiger partial charge in [0, 0.05) is 12.4 Å². The van der Waals surface area contributed by atoms with Gasteiger partial charge in [-0.25, -0.2) is 14.3 Å². The zero-order chi connectivity index (χ0) is 21.8. The predicted octanol–water partition coefficient (Wildman–Crippen LogP) is 3.80. The molecule has 0 N–H and O–H groups in total. The first-order valence-electron chi connectivity index (χ1n) is 8.48. The third-order valence-electron chi connectivity index (χ3n) is 4.61. The van der Waals surface area contributed by atoms with Gasteiger partial charge < -0.3 is 4.74 Å². The molecule has 1 aromatic carbocycles. The van der Waals surface area contributed by atoms with Gasteiger partial charge in [-0.3, -0.25) is 9.36 Å². The highest BCUT2D eigenvalue weighted by molar-refractivity contribution is 6.31. The highest BCUT2D eigenvalue weighted by Crippen LogP contribution is 2.35. The zero-order valence-corrected chi connectivity index (χ0v) is 16.2. The second kappa shape index (κ2) is 6.84. The Morgan fingerprint density at radius 3 is 2.60 bits per heavy atom. The number of carbonyl (C=O) groups is 1. The highest BCUT2D eigenvalue weighted by atomic mass is 35.5. The van der Waals surface area contributed by atoms with Crippen molar-refractivity contribution in [2.24, 2.45) is 0 Å². The first-order chi connectivity index (χ1) is 14.1. The second-order valence-electron chi connectivity index (χ2n) is 6.40. The third kappa shape index (κ3) is 3.00. The first-order valence-corrected chi connectivity index (χ1v) is 8.86. The lowest BCUT2D eigenvalue weighted by molar-refractivity contribution is -0.137. The molecule has 0 aliphatic heterocycles. The summed E-state index contributed by atoms with van der Waals surface area (Å²) in [5.41, 5.74) is -0.220. The van der Waals surface area contributed by atoms with Gasteiger partial charge in [-0.2, -0.15) is 18.3 Å². The van der Waals surface area contributed by atoms with Crippen molar-refractivity contribution in [1.82, 2.24) is 19.2 Å². The van der Waals surface area contributed by atoms with Crippen LogP contribution in [0.1, 0.15) is 21.6 Å². The average Bonchev–Trinajstić information content (AvgIpc) is 3.02. The molecule has 0 bridgehead atoms. The first kappa shape index (κ1) is 19.9. The number of aromatic nitrogens is 4. The number of aryl methyl sites for hydroxylation is 1. The van der Waals surface area contributed by atoms with Crippen LogP contribution in [-0.2, 0) is 10.9 Å². The van der Waals surface area contributed by atoms with E-state index >= 15 is 0 Å². The standard InChI is InChI=1S/C19H12ClF3N4O3/c1-9-15(18(29)30-2)16-24-8-11-14(27(16)25-9)5-6-26(17(11)28)10-3-4-12(13(20)7-10)19(21,22)23/h3-8H,1-2H3. The van der Waals surface area contributed by atoms with Gasteiger partial charge in [0.1, 0.15) is 5.56 Å².